The van der Waals surface area contributed by atoms with Gasteiger partial charge in [-0.2, -0.15) is 5.26 Å². The molecule has 0 amide bonds. The van der Waals surface area contributed by atoms with Gasteiger partial charge in [-0.1, -0.05) is 47.5 Å². The maximum atomic E-state index is 14.7. The van der Waals surface area contributed by atoms with Crippen molar-refractivity contribution in [2.45, 2.75) is 5.92 Å². The van der Waals surface area contributed by atoms with Gasteiger partial charge >= 0.3 is 5.97 Å². The highest BCUT2D eigenvalue weighted by molar-refractivity contribution is 6.32. The van der Waals surface area contributed by atoms with Gasteiger partial charge in [0.1, 0.15) is 34.7 Å². The zero-order valence-electron chi connectivity index (χ0n) is 16.8. The Labute approximate surface area is 198 Å². The average molecular weight is 485 g/mol. The quantitative estimate of drug-likeness (QED) is 0.388. The number of nitriles is 1. The van der Waals surface area contributed by atoms with Crippen LogP contribution >= 0.6 is 23.2 Å². The van der Waals surface area contributed by atoms with Crippen LogP contribution < -0.4 is 19.9 Å². The van der Waals surface area contributed by atoms with Crippen LogP contribution in [0.3, 0.4) is 0 Å². The largest absolute Gasteiger partial charge is 0.480 e. The number of hydrogen-bond donors (Lipinski definition) is 1. The Morgan fingerprint density at radius 2 is 1.88 bits per heavy atom. The number of rotatable bonds is 5. The normalized spacial score (nSPS) is 14.7. The Bertz CT molecular complexity index is 1300. The number of allylic oxidation sites excluding steroid dienone is 1. The van der Waals surface area contributed by atoms with Crippen LogP contribution in [-0.2, 0) is 4.79 Å². The van der Waals surface area contributed by atoms with Gasteiger partial charge in [-0.25, -0.2) is 9.18 Å². The van der Waals surface area contributed by atoms with Crippen molar-refractivity contribution in [1.29, 1.82) is 5.26 Å². The van der Waals surface area contributed by atoms with Crippen LogP contribution in [0.15, 0.2) is 72.1 Å². The van der Waals surface area contributed by atoms with E-state index in [-0.39, 0.29) is 40.1 Å². The maximum Gasteiger partial charge on any atom is 0.349 e. The van der Waals surface area contributed by atoms with Gasteiger partial charge in [0.05, 0.1) is 10.9 Å². The van der Waals surface area contributed by atoms with Gasteiger partial charge in [0, 0.05) is 22.2 Å². The second-order valence-corrected chi connectivity index (χ2v) is 7.77. The van der Waals surface area contributed by atoms with Gasteiger partial charge in [0.25, 0.3) is 0 Å². The summed E-state index contributed by atoms with van der Waals surface area (Å²) in [5.74, 6) is -1.66. The standard InChI is InChI=1S/C24H15Cl2FN2O4/c25-16-4-1-2-7-19(16)31-12-21(30)32-13-8-9-14-20(10-13)33-24(29)15(11-28)22(14)23-17(26)5-3-6-18(23)27/h1-10,22H,12,29H2. The number of nitrogens with zero attached hydrogens (tertiary/aromatic N) is 1. The zero-order chi connectivity index (χ0) is 23.5. The average Bonchev–Trinajstić information content (AvgIpc) is 2.78. The zero-order valence-corrected chi connectivity index (χ0v) is 18.4. The van der Waals surface area contributed by atoms with Crippen molar-refractivity contribution in [2.24, 2.45) is 5.73 Å². The summed E-state index contributed by atoms with van der Waals surface area (Å²) in [5.41, 5.74) is 6.50. The summed E-state index contributed by atoms with van der Waals surface area (Å²) in [6.45, 7) is -0.379. The van der Waals surface area contributed by atoms with Crippen LogP contribution in [0, 0.1) is 17.1 Å². The van der Waals surface area contributed by atoms with Crippen molar-refractivity contribution in [3.8, 4) is 23.3 Å². The Morgan fingerprint density at radius 3 is 2.61 bits per heavy atom. The fraction of sp³-hybridized carbons (Fsp3) is 0.0833. The molecule has 0 aliphatic carbocycles. The van der Waals surface area contributed by atoms with E-state index in [1.54, 1.807) is 30.3 Å². The summed E-state index contributed by atoms with van der Waals surface area (Å²) in [6.07, 6.45) is 0. The predicted octanol–water partition coefficient (Wildman–Crippen LogP) is 5.34. The Kier molecular flexibility index (Phi) is 6.40. The molecule has 0 bridgehead atoms. The van der Waals surface area contributed by atoms with E-state index in [2.05, 4.69) is 0 Å². The molecule has 1 aliphatic rings. The molecule has 1 atom stereocenters. The predicted molar refractivity (Wildman–Crippen MR) is 120 cm³/mol. The molecule has 0 spiro atoms. The number of hydrogen-bond acceptors (Lipinski definition) is 6. The van der Waals surface area contributed by atoms with Crippen molar-refractivity contribution in [2.75, 3.05) is 6.61 Å². The molecular weight excluding hydrogens is 470 g/mol. The first-order chi connectivity index (χ1) is 15.9. The highest BCUT2D eigenvalue weighted by Gasteiger charge is 2.34. The fourth-order valence-electron chi connectivity index (χ4n) is 3.44. The van der Waals surface area contributed by atoms with Crippen LogP contribution in [0.25, 0.3) is 0 Å². The number of nitrogens with two attached hydrogens (primary N) is 1. The van der Waals surface area contributed by atoms with E-state index < -0.39 is 17.7 Å². The third-order valence-electron chi connectivity index (χ3n) is 4.89. The van der Waals surface area contributed by atoms with Gasteiger partial charge in [-0.15, -0.1) is 0 Å². The number of para-hydroxylation sites is 1. The molecule has 0 saturated carbocycles. The van der Waals surface area contributed by atoms with E-state index >= 15 is 0 Å². The molecule has 0 saturated heterocycles. The molecule has 1 heterocycles. The monoisotopic (exact) mass is 484 g/mol. The third kappa shape index (κ3) is 4.58. The maximum absolute atomic E-state index is 14.7. The number of carbonyl (C=O) groups excluding carboxylic acids is 1. The molecule has 0 radical (unpaired) electrons. The van der Waals surface area contributed by atoms with Crippen LogP contribution in [0.4, 0.5) is 4.39 Å². The lowest BCUT2D eigenvalue weighted by atomic mass is 9.83. The number of fused-ring (bicyclic) bond motifs is 1. The first-order valence-corrected chi connectivity index (χ1v) is 10.4. The minimum atomic E-state index is -0.888. The van der Waals surface area contributed by atoms with Gasteiger partial charge < -0.3 is 19.9 Å². The molecule has 3 aromatic rings. The summed E-state index contributed by atoms with van der Waals surface area (Å²) in [6, 6.07) is 17.4. The summed E-state index contributed by atoms with van der Waals surface area (Å²) >= 11 is 12.3. The lowest BCUT2D eigenvalue weighted by Crippen LogP contribution is -2.22. The number of halogens is 3. The van der Waals surface area contributed by atoms with E-state index in [0.717, 1.165) is 0 Å². The molecular formula is C24H15Cl2FN2O4. The molecule has 0 aromatic heterocycles. The highest BCUT2D eigenvalue weighted by atomic mass is 35.5. The molecule has 1 unspecified atom stereocenters. The SMILES string of the molecule is N#CC1=C(N)Oc2cc(OC(=O)COc3ccccc3Cl)ccc2C1c1c(F)cccc1Cl. The molecule has 0 fully saturated rings. The number of esters is 1. The Balaban J connectivity index is 1.60. The molecule has 9 heteroatoms. The van der Waals surface area contributed by atoms with Crippen molar-refractivity contribution in [3.05, 3.63) is 99.1 Å². The van der Waals surface area contributed by atoms with Gasteiger partial charge in [-0.05, 0) is 30.3 Å². The van der Waals surface area contributed by atoms with Crippen molar-refractivity contribution >= 4 is 29.2 Å². The molecule has 6 nitrogen and oxygen atoms in total. The van der Waals surface area contributed by atoms with E-state index in [1.807, 2.05) is 6.07 Å². The second kappa shape index (κ2) is 9.41. The summed E-state index contributed by atoms with van der Waals surface area (Å²) < 4.78 is 30.9. The molecule has 4 rings (SSSR count). The second-order valence-electron chi connectivity index (χ2n) is 6.95. The molecule has 166 valence electrons. The molecule has 1 aliphatic heterocycles. The Morgan fingerprint density at radius 1 is 1.12 bits per heavy atom. The summed E-state index contributed by atoms with van der Waals surface area (Å²) in [4.78, 5) is 12.2. The topological polar surface area (TPSA) is 94.6 Å². The van der Waals surface area contributed by atoms with E-state index in [9.17, 15) is 14.4 Å². The lowest BCUT2D eigenvalue weighted by Gasteiger charge is -2.27. The van der Waals surface area contributed by atoms with Crippen molar-refractivity contribution in [3.63, 3.8) is 0 Å². The van der Waals surface area contributed by atoms with Crippen LogP contribution in [-0.4, -0.2) is 12.6 Å². The minimum Gasteiger partial charge on any atom is -0.480 e. The van der Waals surface area contributed by atoms with Gasteiger partial charge in [-0.3, -0.25) is 0 Å². The smallest absolute Gasteiger partial charge is 0.349 e. The highest BCUT2D eigenvalue weighted by Crippen LogP contribution is 2.46. The molecule has 2 N–H and O–H groups in total. The number of benzene rings is 3. The van der Waals surface area contributed by atoms with Crippen LogP contribution in [0.2, 0.25) is 10.0 Å². The number of ether oxygens (including phenoxy) is 3. The minimum absolute atomic E-state index is 0.0207. The first-order valence-electron chi connectivity index (χ1n) is 9.62. The van der Waals surface area contributed by atoms with E-state index in [0.29, 0.717) is 16.3 Å². The summed E-state index contributed by atoms with van der Waals surface area (Å²) in [7, 11) is 0. The van der Waals surface area contributed by atoms with Crippen LogP contribution in [0.1, 0.15) is 17.0 Å². The van der Waals surface area contributed by atoms with E-state index in [1.165, 1.54) is 30.3 Å². The van der Waals surface area contributed by atoms with E-state index in [4.69, 9.17) is 43.1 Å². The first kappa shape index (κ1) is 22.5. The lowest BCUT2D eigenvalue weighted by molar-refractivity contribution is -0.136. The van der Waals surface area contributed by atoms with Crippen LogP contribution in [0.5, 0.6) is 17.2 Å². The van der Waals surface area contributed by atoms with Crippen molar-refractivity contribution < 1.29 is 23.4 Å². The third-order valence-corrected chi connectivity index (χ3v) is 5.53. The molecule has 33 heavy (non-hydrogen) atoms. The van der Waals surface area contributed by atoms with Crippen molar-refractivity contribution in [1.82, 2.24) is 0 Å². The van der Waals surface area contributed by atoms with Gasteiger partial charge in [0.2, 0.25) is 5.88 Å². The van der Waals surface area contributed by atoms with Gasteiger partial charge in [0.15, 0.2) is 6.61 Å². The Hall–Kier alpha value is -3.73. The summed E-state index contributed by atoms with van der Waals surface area (Å²) in [5, 5.41) is 10.1. The fourth-order valence-corrected chi connectivity index (χ4v) is 3.90. The number of carbonyl (C=O) groups is 1. The molecule has 3 aromatic carbocycles.